The normalized spacial score (nSPS) is 66.7. The van der Waals surface area contributed by atoms with Gasteiger partial charge in [-0.25, -0.2) is 0 Å². The van der Waals surface area contributed by atoms with Gasteiger partial charge in [0.25, 0.3) is 0 Å². The highest BCUT2D eigenvalue weighted by atomic mass is 16.3. The number of hydrogen-bond donors (Lipinski definition) is 1. The molecule has 0 aromatic heterocycles. The van der Waals surface area contributed by atoms with Crippen molar-refractivity contribution >= 4 is 5.78 Å². The second kappa shape index (κ2) is 2.72. The summed E-state index contributed by atoms with van der Waals surface area (Å²) in [4.78, 5) is 12.1. The summed E-state index contributed by atoms with van der Waals surface area (Å²) in [7, 11) is 0. The summed E-state index contributed by atoms with van der Waals surface area (Å²) in [6.45, 7) is 4.72. The van der Waals surface area contributed by atoms with E-state index in [1.807, 2.05) is 0 Å². The zero-order chi connectivity index (χ0) is 11.2. The van der Waals surface area contributed by atoms with Crippen LogP contribution in [0.2, 0.25) is 0 Å². The van der Waals surface area contributed by atoms with E-state index >= 15 is 0 Å². The fourth-order valence-electron chi connectivity index (χ4n) is 6.03. The lowest BCUT2D eigenvalue weighted by Crippen LogP contribution is -2.71. The Bertz CT molecular complexity index is 349. The van der Waals surface area contributed by atoms with Gasteiger partial charge in [0.05, 0.1) is 6.10 Å². The lowest BCUT2D eigenvalue weighted by atomic mass is 9.34. The minimum Gasteiger partial charge on any atom is -0.393 e. The van der Waals surface area contributed by atoms with Gasteiger partial charge in [-0.05, 0) is 47.8 Å². The minimum atomic E-state index is -0.174. The predicted molar refractivity (Wildman–Crippen MR) is 59.5 cm³/mol. The number of aliphatic hydroxyl groups excluding tert-OH is 1. The lowest BCUT2D eigenvalue weighted by Gasteiger charge is -2.70. The molecule has 4 fully saturated rings. The summed E-state index contributed by atoms with van der Waals surface area (Å²) in [5.41, 5.74) is 0. The average Bonchev–Trinajstić information content (AvgIpc) is 2.15. The molecule has 0 radical (unpaired) electrons. The maximum absolute atomic E-state index is 12.1. The van der Waals surface area contributed by atoms with E-state index in [0.717, 1.165) is 24.7 Å². The van der Waals surface area contributed by atoms with Gasteiger partial charge in [0.1, 0.15) is 5.78 Å². The molecule has 2 nitrogen and oxygen atoms in total. The van der Waals surface area contributed by atoms with Crippen LogP contribution in [0.3, 0.4) is 0 Å². The fourth-order valence-corrected chi connectivity index (χ4v) is 6.03. The van der Waals surface area contributed by atoms with Crippen LogP contribution >= 0.6 is 0 Å². The predicted octanol–water partition coefficient (Wildman–Crippen LogP) is 1.72. The lowest BCUT2D eigenvalue weighted by molar-refractivity contribution is -0.246. The van der Waals surface area contributed by atoms with Crippen molar-refractivity contribution in [3.8, 4) is 0 Å². The Morgan fingerprint density at radius 2 is 1.75 bits per heavy atom. The Labute approximate surface area is 96.4 Å². The van der Waals surface area contributed by atoms with Gasteiger partial charge in [0.2, 0.25) is 0 Å². The second-order valence-electron chi connectivity index (χ2n) is 6.78. The Morgan fingerprint density at radius 1 is 1.06 bits per heavy atom. The number of rotatable bonds is 0. The van der Waals surface area contributed by atoms with E-state index < -0.39 is 0 Å². The molecule has 1 N–H and O–H groups in total. The molecule has 0 unspecified atom stereocenters. The number of carbonyl (C=O) groups is 1. The topological polar surface area (TPSA) is 37.3 Å². The molecule has 4 aliphatic carbocycles. The van der Waals surface area contributed by atoms with Crippen LogP contribution < -0.4 is 0 Å². The van der Waals surface area contributed by atoms with Crippen LogP contribution in [0.1, 0.15) is 26.7 Å². The summed E-state index contributed by atoms with van der Waals surface area (Å²) in [5, 5.41) is 10.2. The van der Waals surface area contributed by atoms with Gasteiger partial charge >= 0.3 is 0 Å². The molecule has 4 rings (SSSR count). The van der Waals surface area contributed by atoms with Crippen molar-refractivity contribution in [2.75, 3.05) is 0 Å². The van der Waals surface area contributed by atoms with Gasteiger partial charge in [0, 0.05) is 12.3 Å². The molecule has 16 heavy (non-hydrogen) atoms. The highest BCUT2D eigenvalue weighted by Crippen LogP contribution is 2.69. The summed E-state index contributed by atoms with van der Waals surface area (Å²) < 4.78 is 0. The van der Waals surface area contributed by atoms with Crippen LogP contribution in [-0.4, -0.2) is 17.0 Å². The molecule has 0 saturated heterocycles. The summed E-state index contributed by atoms with van der Waals surface area (Å²) in [6.07, 6.45) is 1.60. The smallest absolute Gasteiger partial charge is 0.136 e. The number of ketones is 1. The van der Waals surface area contributed by atoms with E-state index in [2.05, 4.69) is 13.8 Å². The molecule has 0 aromatic carbocycles. The third kappa shape index (κ3) is 0.816. The maximum atomic E-state index is 12.1. The zero-order valence-corrected chi connectivity index (χ0v) is 9.97. The number of hydrogen-bond acceptors (Lipinski definition) is 2. The van der Waals surface area contributed by atoms with E-state index in [-0.39, 0.29) is 12.0 Å². The fraction of sp³-hybridized carbons (Fsp3) is 0.929. The molecule has 88 valence electrons. The summed E-state index contributed by atoms with van der Waals surface area (Å²) in [6, 6.07) is 0. The number of carbonyl (C=O) groups excluding carboxylic acids is 1. The first-order valence-corrected chi connectivity index (χ1v) is 6.82. The van der Waals surface area contributed by atoms with Crippen LogP contribution in [0.5, 0.6) is 0 Å². The average molecular weight is 220 g/mol. The Kier molecular flexibility index (Phi) is 1.64. The van der Waals surface area contributed by atoms with Crippen LogP contribution in [0, 0.1) is 47.3 Å². The van der Waals surface area contributed by atoms with Crippen molar-refractivity contribution in [2.24, 2.45) is 47.3 Å². The van der Waals surface area contributed by atoms with Crippen molar-refractivity contribution in [3.63, 3.8) is 0 Å². The summed E-state index contributed by atoms with van der Waals surface area (Å²) >= 11 is 0. The molecule has 0 aromatic rings. The quantitative estimate of drug-likeness (QED) is 0.675. The molecule has 0 amide bonds. The first-order valence-electron chi connectivity index (χ1n) is 6.82. The molecular formula is C14H20O2. The first kappa shape index (κ1) is 9.64. The molecular weight excluding hydrogens is 200 g/mol. The molecule has 4 saturated carbocycles. The van der Waals surface area contributed by atoms with E-state index in [1.165, 1.54) is 0 Å². The largest absolute Gasteiger partial charge is 0.393 e. The maximum Gasteiger partial charge on any atom is 0.136 e. The van der Waals surface area contributed by atoms with Gasteiger partial charge in [-0.3, -0.25) is 4.79 Å². The molecule has 0 heterocycles. The van der Waals surface area contributed by atoms with Crippen molar-refractivity contribution in [3.05, 3.63) is 0 Å². The van der Waals surface area contributed by atoms with Crippen LogP contribution in [-0.2, 0) is 4.79 Å². The summed E-state index contributed by atoms with van der Waals surface area (Å²) in [5.74, 6) is 5.00. The molecule has 0 aliphatic heterocycles. The number of Topliss-reactive ketones (excluding diaryl/α,β-unsaturated/α-hetero) is 1. The van der Waals surface area contributed by atoms with Crippen molar-refractivity contribution in [2.45, 2.75) is 32.8 Å². The molecule has 4 bridgehead atoms. The SMILES string of the molecule is C[C@@H]1[C@@H]2CC(=O)[C@H]3[C@@H]4[C@@H]([C@@H](C)[C@H]2C[C@H]4O)[C@@H]13. The molecule has 4 aliphatic rings. The second-order valence-corrected chi connectivity index (χ2v) is 6.78. The monoisotopic (exact) mass is 220 g/mol. The molecule has 2 heteroatoms. The van der Waals surface area contributed by atoms with E-state index in [4.69, 9.17) is 0 Å². The van der Waals surface area contributed by atoms with E-state index in [0.29, 0.717) is 35.4 Å². The molecule has 0 spiro atoms. The van der Waals surface area contributed by atoms with E-state index in [1.54, 1.807) is 0 Å². The Hall–Kier alpha value is -0.370. The third-order valence-electron chi connectivity index (χ3n) is 6.60. The Morgan fingerprint density at radius 3 is 2.50 bits per heavy atom. The highest BCUT2D eigenvalue weighted by Gasteiger charge is 2.69. The van der Waals surface area contributed by atoms with Gasteiger partial charge in [0.15, 0.2) is 0 Å². The van der Waals surface area contributed by atoms with Crippen molar-refractivity contribution < 1.29 is 9.90 Å². The van der Waals surface area contributed by atoms with Gasteiger partial charge < -0.3 is 5.11 Å². The van der Waals surface area contributed by atoms with Gasteiger partial charge in [-0.1, -0.05) is 13.8 Å². The van der Waals surface area contributed by atoms with Gasteiger partial charge in [-0.2, -0.15) is 0 Å². The zero-order valence-electron chi connectivity index (χ0n) is 9.97. The Balaban J connectivity index is 1.85. The number of aliphatic hydroxyl groups is 1. The van der Waals surface area contributed by atoms with E-state index in [9.17, 15) is 9.90 Å². The third-order valence-corrected chi connectivity index (χ3v) is 6.60. The van der Waals surface area contributed by atoms with Gasteiger partial charge in [-0.15, -0.1) is 0 Å². The van der Waals surface area contributed by atoms with Crippen LogP contribution in [0.15, 0.2) is 0 Å². The highest BCUT2D eigenvalue weighted by molar-refractivity contribution is 5.84. The standard InChI is InChI=1S/C14H20O2/c1-5-7-3-9(15)13-11(5)12-6(2)8(7)4-10(16)14(12)13/h5-9,11-15H,3-4H2,1-2H3/t5-,6+,7+,8-,9+,11-,12+,13-,14+/m0/s1. The van der Waals surface area contributed by atoms with Crippen LogP contribution in [0.25, 0.3) is 0 Å². The van der Waals surface area contributed by atoms with Crippen LogP contribution in [0.4, 0.5) is 0 Å². The van der Waals surface area contributed by atoms with Crippen molar-refractivity contribution in [1.29, 1.82) is 0 Å². The minimum absolute atomic E-state index is 0.174. The van der Waals surface area contributed by atoms with Crippen molar-refractivity contribution in [1.82, 2.24) is 0 Å². The first-order chi connectivity index (χ1) is 7.61. The molecule has 9 atom stereocenters. The number of fused-ring (bicyclic) bond motifs is 4.